The van der Waals surface area contributed by atoms with Crippen LogP contribution in [-0.2, 0) is 17.8 Å². The lowest BCUT2D eigenvalue weighted by Crippen LogP contribution is -2.29. The number of aromatic amines is 1. The number of amides is 1. The third-order valence-corrected chi connectivity index (χ3v) is 5.47. The number of carbonyl (C=O) groups is 1. The van der Waals surface area contributed by atoms with E-state index in [1.165, 1.54) is 6.07 Å². The maximum Gasteiger partial charge on any atom is 0.270 e. The van der Waals surface area contributed by atoms with E-state index >= 15 is 0 Å². The number of hydroxylamine groups is 2. The van der Waals surface area contributed by atoms with Gasteiger partial charge in [-0.25, -0.2) is 9.37 Å². The summed E-state index contributed by atoms with van der Waals surface area (Å²) in [6, 6.07) is 4.69. The summed E-state index contributed by atoms with van der Waals surface area (Å²) < 4.78 is 14.7. The summed E-state index contributed by atoms with van der Waals surface area (Å²) in [4.78, 5) is 40.9. The van der Waals surface area contributed by atoms with Crippen LogP contribution in [0.1, 0.15) is 39.8 Å². The molecule has 1 aliphatic heterocycles. The Balaban J connectivity index is 1.51. The van der Waals surface area contributed by atoms with E-state index in [4.69, 9.17) is 4.84 Å². The molecule has 8 nitrogen and oxygen atoms in total. The number of benzene rings is 1. The van der Waals surface area contributed by atoms with Crippen LogP contribution in [0.5, 0.6) is 0 Å². The first-order valence-electron chi connectivity index (χ1n) is 10.4. The minimum absolute atomic E-state index is 0.218. The topological polar surface area (TPSA) is 100 Å². The summed E-state index contributed by atoms with van der Waals surface area (Å²) in [6.45, 7) is 4.72. The van der Waals surface area contributed by atoms with Gasteiger partial charge in [-0.15, -0.1) is 0 Å². The Morgan fingerprint density at radius 1 is 1.34 bits per heavy atom. The van der Waals surface area contributed by atoms with E-state index < -0.39 is 5.82 Å². The van der Waals surface area contributed by atoms with Crippen LogP contribution in [0.25, 0.3) is 16.6 Å². The predicted octanol–water partition coefficient (Wildman–Crippen LogP) is 2.52. The smallest absolute Gasteiger partial charge is 0.270 e. The molecule has 1 aromatic carbocycles. The Bertz CT molecular complexity index is 1280. The zero-order valence-corrected chi connectivity index (χ0v) is 18.2. The second-order valence-corrected chi connectivity index (χ2v) is 7.62. The molecular weight excluding hydrogens is 413 g/mol. The normalized spacial score (nSPS) is 14.4. The number of fused-ring (bicyclic) bond motifs is 1. The molecule has 166 valence electrons. The molecule has 1 amide bonds. The maximum atomic E-state index is 14.7. The van der Waals surface area contributed by atoms with Crippen molar-refractivity contribution < 1.29 is 14.0 Å². The number of pyridine rings is 1. The number of nitrogens with zero attached hydrogens (tertiary/aromatic N) is 3. The van der Waals surface area contributed by atoms with Crippen LogP contribution in [0, 0.1) is 12.7 Å². The van der Waals surface area contributed by atoms with Gasteiger partial charge in [0, 0.05) is 37.0 Å². The molecule has 0 fully saturated rings. The van der Waals surface area contributed by atoms with Crippen molar-refractivity contribution in [3.05, 3.63) is 74.7 Å². The Morgan fingerprint density at radius 3 is 2.81 bits per heavy atom. The van der Waals surface area contributed by atoms with Crippen LogP contribution >= 0.6 is 0 Å². The van der Waals surface area contributed by atoms with E-state index in [-0.39, 0.29) is 18.0 Å². The van der Waals surface area contributed by atoms with Gasteiger partial charge in [0.2, 0.25) is 0 Å². The molecule has 32 heavy (non-hydrogen) atoms. The fourth-order valence-corrected chi connectivity index (χ4v) is 3.67. The van der Waals surface area contributed by atoms with Crippen LogP contribution < -0.4 is 10.9 Å². The summed E-state index contributed by atoms with van der Waals surface area (Å²) in [5.74, 6) is -0.637. The van der Waals surface area contributed by atoms with Gasteiger partial charge >= 0.3 is 0 Å². The van der Waals surface area contributed by atoms with E-state index in [0.717, 1.165) is 16.7 Å². The molecule has 2 aromatic heterocycles. The number of hydrogen-bond acceptors (Lipinski definition) is 6. The first-order chi connectivity index (χ1) is 15.4. The molecule has 0 unspecified atom stereocenters. The summed E-state index contributed by atoms with van der Waals surface area (Å²) in [7, 11) is 1.56. The molecule has 0 bridgehead atoms. The van der Waals surface area contributed by atoms with E-state index in [1.807, 2.05) is 19.9 Å². The summed E-state index contributed by atoms with van der Waals surface area (Å²) in [5, 5.41) is 4.21. The van der Waals surface area contributed by atoms with Crippen LogP contribution in [0.15, 0.2) is 35.3 Å². The Labute approximate surface area is 184 Å². The Morgan fingerprint density at radius 2 is 2.16 bits per heavy atom. The van der Waals surface area contributed by atoms with Crippen LogP contribution in [-0.4, -0.2) is 46.1 Å². The van der Waals surface area contributed by atoms with Crippen LogP contribution in [0.3, 0.4) is 0 Å². The van der Waals surface area contributed by atoms with Crippen LogP contribution in [0.2, 0.25) is 0 Å². The molecule has 0 radical (unpaired) electrons. The quantitative estimate of drug-likeness (QED) is 0.636. The first kappa shape index (κ1) is 21.8. The molecule has 4 rings (SSSR count). The average molecular weight is 437 g/mol. The zero-order valence-electron chi connectivity index (χ0n) is 18.2. The third kappa shape index (κ3) is 4.30. The summed E-state index contributed by atoms with van der Waals surface area (Å²) >= 11 is 0. The largest absolute Gasteiger partial charge is 0.354 e. The second-order valence-electron chi connectivity index (χ2n) is 7.62. The van der Waals surface area contributed by atoms with Gasteiger partial charge in [-0.3, -0.25) is 19.4 Å². The van der Waals surface area contributed by atoms with Gasteiger partial charge in [-0.1, -0.05) is 13.0 Å². The Hall–Kier alpha value is -3.43. The van der Waals surface area contributed by atoms with E-state index in [1.54, 1.807) is 30.4 Å². The van der Waals surface area contributed by atoms with E-state index in [2.05, 4.69) is 20.3 Å². The van der Waals surface area contributed by atoms with Crippen molar-refractivity contribution in [2.24, 2.45) is 0 Å². The van der Waals surface area contributed by atoms with Crippen LogP contribution in [0.4, 0.5) is 4.39 Å². The number of nitrogens with one attached hydrogen (secondary N) is 2. The van der Waals surface area contributed by atoms with Gasteiger partial charge < -0.3 is 10.3 Å². The van der Waals surface area contributed by atoms with Crippen molar-refractivity contribution in [2.45, 2.75) is 26.8 Å². The predicted molar refractivity (Wildman–Crippen MR) is 118 cm³/mol. The summed E-state index contributed by atoms with van der Waals surface area (Å²) in [6.07, 6.45) is 4.15. The standard InChI is InChI=1S/C23H24FN5O3/c1-4-18-23(31)28-19-8-15(17(24)9-20(19)27-18)11-29-6-5-14(12-32-29)16-10-26-21(7-13(16)2)22(30)25-3/h5,7-10H,4,6,11-12H2,1-3H3,(H,25,30)(H,28,31). The molecule has 0 saturated heterocycles. The van der Waals surface area contributed by atoms with Gasteiger partial charge in [-0.2, -0.15) is 5.06 Å². The number of carbonyl (C=O) groups excluding carboxylic acids is 1. The number of aromatic nitrogens is 3. The fourth-order valence-electron chi connectivity index (χ4n) is 3.67. The molecule has 0 atom stereocenters. The lowest BCUT2D eigenvalue weighted by atomic mass is 10.0. The lowest BCUT2D eigenvalue weighted by molar-refractivity contribution is -0.151. The van der Waals surface area contributed by atoms with Crippen molar-refractivity contribution >= 4 is 22.5 Å². The monoisotopic (exact) mass is 437 g/mol. The molecular formula is C23H24FN5O3. The number of rotatable bonds is 5. The highest BCUT2D eigenvalue weighted by Gasteiger charge is 2.19. The lowest BCUT2D eigenvalue weighted by Gasteiger charge is -2.26. The van der Waals surface area contributed by atoms with Gasteiger partial charge in [0.15, 0.2) is 0 Å². The zero-order chi connectivity index (χ0) is 22.8. The van der Waals surface area contributed by atoms with Gasteiger partial charge in [0.25, 0.3) is 11.5 Å². The molecule has 3 heterocycles. The van der Waals surface area contributed by atoms with Gasteiger partial charge in [0.1, 0.15) is 17.2 Å². The van der Waals surface area contributed by atoms with Crippen molar-refractivity contribution in [3.63, 3.8) is 0 Å². The third-order valence-electron chi connectivity index (χ3n) is 5.47. The molecule has 0 saturated carbocycles. The number of hydrogen-bond donors (Lipinski definition) is 2. The van der Waals surface area contributed by atoms with E-state index in [9.17, 15) is 14.0 Å². The molecule has 9 heteroatoms. The molecule has 0 aliphatic carbocycles. The van der Waals surface area contributed by atoms with Gasteiger partial charge in [-0.05, 0) is 36.6 Å². The molecule has 3 aromatic rings. The molecule has 1 aliphatic rings. The highest BCUT2D eigenvalue weighted by atomic mass is 19.1. The fraction of sp³-hybridized carbons (Fsp3) is 0.304. The summed E-state index contributed by atoms with van der Waals surface area (Å²) in [5.41, 5.74) is 4.59. The van der Waals surface area contributed by atoms with Crippen molar-refractivity contribution in [1.82, 2.24) is 25.3 Å². The van der Waals surface area contributed by atoms with Crippen molar-refractivity contribution in [2.75, 3.05) is 20.2 Å². The minimum atomic E-state index is -0.401. The maximum absolute atomic E-state index is 14.7. The number of halogens is 1. The first-order valence-corrected chi connectivity index (χ1v) is 10.4. The molecule has 2 N–H and O–H groups in total. The number of H-pyrrole nitrogens is 1. The van der Waals surface area contributed by atoms with E-state index in [0.29, 0.717) is 47.6 Å². The minimum Gasteiger partial charge on any atom is -0.354 e. The Kier molecular flexibility index (Phi) is 6.11. The number of aryl methyl sites for hydroxylation is 2. The highest BCUT2D eigenvalue weighted by molar-refractivity contribution is 5.92. The molecule has 0 spiro atoms. The van der Waals surface area contributed by atoms with Gasteiger partial charge in [0.05, 0.1) is 24.2 Å². The van der Waals surface area contributed by atoms with Crippen molar-refractivity contribution in [1.29, 1.82) is 0 Å². The van der Waals surface area contributed by atoms with Crippen molar-refractivity contribution in [3.8, 4) is 0 Å². The highest BCUT2D eigenvalue weighted by Crippen LogP contribution is 2.24. The average Bonchev–Trinajstić information content (AvgIpc) is 2.79. The second kappa shape index (κ2) is 8.97. The SMILES string of the molecule is CCc1nc2cc(F)c(CN3CC=C(c4cnc(C(=O)NC)cc4C)CO3)cc2[nH]c1=O.